The Morgan fingerprint density at radius 2 is 1.71 bits per heavy atom. The van der Waals surface area contributed by atoms with E-state index < -0.39 is 5.97 Å². The van der Waals surface area contributed by atoms with Crippen LogP contribution in [0.2, 0.25) is 0 Å². The van der Waals surface area contributed by atoms with Crippen LogP contribution in [0.5, 0.6) is 0 Å². The van der Waals surface area contributed by atoms with E-state index >= 15 is 0 Å². The highest BCUT2D eigenvalue weighted by atomic mass is 16.4. The van der Waals surface area contributed by atoms with Crippen molar-refractivity contribution in [2.24, 2.45) is 0 Å². The summed E-state index contributed by atoms with van der Waals surface area (Å²) >= 11 is 0. The minimum absolute atomic E-state index is 0.273. The summed E-state index contributed by atoms with van der Waals surface area (Å²) in [5.74, 6) is 0.544. The normalized spacial score (nSPS) is 10.6. The first kappa shape index (κ1) is 15.7. The number of nitrogens with zero attached hydrogens (tertiary/aromatic N) is 2. The number of hydrogen-bond acceptors (Lipinski definition) is 5. The molecule has 0 aliphatic rings. The van der Waals surface area contributed by atoms with Crippen molar-refractivity contribution in [1.29, 1.82) is 0 Å². The average molecular weight is 325 g/mol. The van der Waals surface area contributed by atoms with Gasteiger partial charge in [0.2, 0.25) is 0 Å². The lowest BCUT2D eigenvalue weighted by Gasteiger charge is -2.12. The maximum Gasteiger partial charge on any atom is 0.336 e. The molecule has 4 N–H and O–H groups in total. The zero-order valence-corrected chi connectivity index (χ0v) is 13.7. The average Bonchev–Trinajstić information content (AvgIpc) is 2.97. The molecule has 0 amide bonds. The van der Waals surface area contributed by atoms with Crippen LogP contribution in [-0.2, 0) is 0 Å². The summed E-state index contributed by atoms with van der Waals surface area (Å²) in [5, 5.41) is 24.9. The molecule has 2 aromatic carbocycles. The lowest BCUT2D eigenvalue weighted by atomic mass is 10.0. The molecule has 3 rings (SSSR count). The van der Waals surface area contributed by atoms with Crippen molar-refractivity contribution in [1.82, 2.24) is 9.78 Å². The molecule has 3 aromatic rings. The van der Waals surface area contributed by atoms with Crippen molar-refractivity contribution < 1.29 is 9.90 Å². The summed E-state index contributed by atoms with van der Waals surface area (Å²) in [7, 11) is 5.45. The van der Waals surface area contributed by atoms with Gasteiger partial charge in [0.25, 0.3) is 0 Å². The van der Waals surface area contributed by atoms with Crippen LogP contribution in [0.1, 0.15) is 10.4 Å². The van der Waals surface area contributed by atoms with Crippen LogP contribution in [0, 0.1) is 0 Å². The summed E-state index contributed by atoms with van der Waals surface area (Å²) in [4.78, 5) is 11.5. The molecule has 7 heteroatoms. The molecule has 1 aromatic heterocycles. The lowest BCUT2D eigenvalue weighted by Crippen LogP contribution is -2.06. The number of nitrogens with one attached hydrogen (secondary N) is 3. The van der Waals surface area contributed by atoms with Crippen LogP contribution >= 0.6 is 0 Å². The standard InChI is InChI=1S/C17H19N5O2/c1-18-14-15(19-2)21-22(16(14)20-3)13-9-8-12(17(23)24)10-6-4-5-7-11(10)13/h4-9,18,20H,1-3H3,(H,19,21)(H,23,24). The van der Waals surface area contributed by atoms with Crippen LogP contribution in [0.3, 0.4) is 0 Å². The van der Waals surface area contributed by atoms with E-state index in [1.165, 1.54) is 0 Å². The highest BCUT2D eigenvalue weighted by Crippen LogP contribution is 2.35. The summed E-state index contributed by atoms with van der Waals surface area (Å²) in [6.07, 6.45) is 0. The summed E-state index contributed by atoms with van der Waals surface area (Å²) in [6, 6.07) is 10.8. The molecule has 124 valence electrons. The maximum atomic E-state index is 11.5. The van der Waals surface area contributed by atoms with Gasteiger partial charge < -0.3 is 21.1 Å². The first-order valence-corrected chi connectivity index (χ1v) is 7.54. The SMILES string of the molecule is CNc1nn(-c2ccc(C(=O)O)c3ccccc23)c(NC)c1NC. The van der Waals surface area contributed by atoms with Gasteiger partial charge in [-0.15, -0.1) is 5.10 Å². The Hall–Kier alpha value is -3.22. The molecule has 0 radical (unpaired) electrons. The maximum absolute atomic E-state index is 11.5. The highest BCUT2D eigenvalue weighted by molar-refractivity contribution is 6.06. The minimum Gasteiger partial charge on any atom is -0.478 e. The molecular formula is C17H19N5O2. The first-order chi connectivity index (χ1) is 11.6. The van der Waals surface area contributed by atoms with Gasteiger partial charge in [-0.1, -0.05) is 24.3 Å². The van der Waals surface area contributed by atoms with E-state index in [1.807, 2.05) is 38.4 Å². The topological polar surface area (TPSA) is 91.2 Å². The lowest BCUT2D eigenvalue weighted by molar-refractivity contribution is 0.0699. The third kappa shape index (κ3) is 2.30. The number of rotatable bonds is 5. The van der Waals surface area contributed by atoms with Crippen molar-refractivity contribution >= 4 is 34.1 Å². The van der Waals surface area contributed by atoms with Gasteiger partial charge >= 0.3 is 5.97 Å². The van der Waals surface area contributed by atoms with Crippen LogP contribution in [-0.4, -0.2) is 42.0 Å². The predicted molar refractivity (Wildman–Crippen MR) is 96.7 cm³/mol. The Morgan fingerprint density at radius 1 is 1.00 bits per heavy atom. The van der Waals surface area contributed by atoms with Crippen molar-refractivity contribution in [3.8, 4) is 5.69 Å². The summed E-state index contributed by atoms with van der Waals surface area (Å²) in [6.45, 7) is 0. The van der Waals surface area contributed by atoms with Gasteiger partial charge in [0.1, 0.15) is 5.69 Å². The van der Waals surface area contributed by atoms with Crippen LogP contribution in [0.4, 0.5) is 17.3 Å². The molecular weight excluding hydrogens is 306 g/mol. The molecule has 0 saturated heterocycles. The monoisotopic (exact) mass is 325 g/mol. The van der Waals surface area contributed by atoms with E-state index in [1.54, 1.807) is 23.9 Å². The van der Waals surface area contributed by atoms with Crippen molar-refractivity contribution in [2.45, 2.75) is 0 Å². The summed E-state index contributed by atoms with van der Waals surface area (Å²) in [5.41, 5.74) is 1.92. The van der Waals surface area contributed by atoms with E-state index in [0.29, 0.717) is 11.2 Å². The fourth-order valence-corrected chi connectivity index (χ4v) is 2.89. The molecule has 0 bridgehead atoms. The Bertz CT molecular complexity index is 917. The van der Waals surface area contributed by atoms with Crippen LogP contribution < -0.4 is 16.0 Å². The second kappa shape index (κ2) is 6.11. The van der Waals surface area contributed by atoms with Gasteiger partial charge in [0.05, 0.1) is 11.3 Å². The van der Waals surface area contributed by atoms with Crippen molar-refractivity contribution in [3.05, 3.63) is 42.0 Å². The van der Waals surface area contributed by atoms with Crippen LogP contribution in [0.25, 0.3) is 16.5 Å². The van der Waals surface area contributed by atoms with E-state index in [4.69, 9.17) is 0 Å². The number of fused-ring (bicyclic) bond motifs is 1. The highest BCUT2D eigenvalue weighted by Gasteiger charge is 2.19. The number of carboxylic acid groups (broad SMARTS) is 1. The molecule has 1 heterocycles. The van der Waals surface area contributed by atoms with E-state index in [0.717, 1.165) is 22.6 Å². The van der Waals surface area contributed by atoms with Gasteiger partial charge in [-0.25, -0.2) is 9.48 Å². The number of carboxylic acids is 1. The smallest absolute Gasteiger partial charge is 0.336 e. The number of carbonyl (C=O) groups is 1. The van der Waals surface area contributed by atoms with Gasteiger partial charge in [0, 0.05) is 26.5 Å². The zero-order valence-electron chi connectivity index (χ0n) is 13.7. The molecule has 0 spiro atoms. The molecule has 0 saturated carbocycles. The number of anilines is 3. The molecule has 7 nitrogen and oxygen atoms in total. The third-order valence-electron chi connectivity index (χ3n) is 3.97. The van der Waals surface area contributed by atoms with E-state index in [-0.39, 0.29) is 5.56 Å². The van der Waals surface area contributed by atoms with E-state index in [2.05, 4.69) is 21.0 Å². The van der Waals surface area contributed by atoms with Crippen LogP contribution in [0.15, 0.2) is 36.4 Å². The predicted octanol–water partition coefficient (Wildman–Crippen LogP) is 2.85. The second-order valence-electron chi connectivity index (χ2n) is 5.22. The molecule has 0 atom stereocenters. The fourth-order valence-electron chi connectivity index (χ4n) is 2.89. The zero-order chi connectivity index (χ0) is 17.3. The molecule has 0 fully saturated rings. The Labute approximate surface area is 139 Å². The van der Waals surface area contributed by atoms with Gasteiger partial charge in [-0.05, 0) is 17.5 Å². The number of hydrogen-bond donors (Lipinski definition) is 4. The third-order valence-corrected chi connectivity index (χ3v) is 3.97. The molecule has 0 aliphatic heterocycles. The molecule has 0 aliphatic carbocycles. The minimum atomic E-state index is -0.945. The van der Waals surface area contributed by atoms with Gasteiger partial charge in [-0.2, -0.15) is 0 Å². The number of benzene rings is 2. The first-order valence-electron chi connectivity index (χ1n) is 7.54. The van der Waals surface area contributed by atoms with Crippen molar-refractivity contribution in [2.75, 3.05) is 37.1 Å². The Morgan fingerprint density at radius 3 is 2.29 bits per heavy atom. The Balaban J connectivity index is 2.34. The largest absolute Gasteiger partial charge is 0.478 e. The van der Waals surface area contributed by atoms with Crippen molar-refractivity contribution in [3.63, 3.8) is 0 Å². The Kier molecular flexibility index (Phi) is 3.99. The molecule has 24 heavy (non-hydrogen) atoms. The number of aromatic carboxylic acids is 1. The molecule has 0 unspecified atom stereocenters. The second-order valence-corrected chi connectivity index (χ2v) is 5.22. The quantitative estimate of drug-likeness (QED) is 0.577. The fraction of sp³-hybridized carbons (Fsp3) is 0.176. The van der Waals surface area contributed by atoms with E-state index in [9.17, 15) is 9.90 Å². The number of aromatic nitrogens is 2. The van der Waals surface area contributed by atoms with Gasteiger partial charge in [-0.3, -0.25) is 0 Å². The summed E-state index contributed by atoms with van der Waals surface area (Å²) < 4.78 is 1.77. The van der Waals surface area contributed by atoms with Gasteiger partial charge in [0.15, 0.2) is 11.6 Å².